The predicted molar refractivity (Wildman–Crippen MR) is 71.6 cm³/mol. The first-order valence-corrected chi connectivity index (χ1v) is 6.14. The summed E-state index contributed by atoms with van der Waals surface area (Å²) in [5.41, 5.74) is -0.180. The van der Waals surface area contributed by atoms with E-state index >= 15 is 0 Å². The quantitative estimate of drug-likeness (QED) is 0.649. The number of aliphatic hydroxyl groups is 1. The molecular weight excluding hydrogens is 293 g/mol. The highest BCUT2D eigenvalue weighted by molar-refractivity contribution is 6.32. The van der Waals surface area contributed by atoms with Crippen molar-refractivity contribution in [2.45, 2.75) is 26.6 Å². The number of allylic oxidation sites excluding steroid dienone is 3. The molecule has 0 bridgehead atoms. The number of rotatable bonds is 4. The van der Waals surface area contributed by atoms with Gasteiger partial charge >= 0.3 is 6.18 Å². The molecule has 0 aliphatic carbocycles. The first kappa shape index (κ1) is 16.6. The molecule has 1 aromatic carbocycles. The fraction of sp³-hybridized carbons (Fsp3) is 0.286. The summed E-state index contributed by atoms with van der Waals surface area (Å²) in [4.78, 5) is 0. The number of hydrogen-bond acceptors (Lipinski definition) is 2. The summed E-state index contributed by atoms with van der Waals surface area (Å²) in [6.07, 6.45) is -2.09. The van der Waals surface area contributed by atoms with E-state index in [0.29, 0.717) is 5.56 Å². The molecule has 1 N–H and O–H groups in total. The second-order valence-electron chi connectivity index (χ2n) is 4.04. The van der Waals surface area contributed by atoms with Crippen LogP contribution < -0.4 is 4.74 Å². The Bertz CT molecular complexity index is 534. The summed E-state index contributed by atoms with van der Waals surface area (Å²) < 4.78 is 42.7. The van der Waals surface area contributed by atoms with Crippen molar-refractivity contribution in [1.82, 2.24) is 0 Å². The smallest absolute Gasteiger partial charge is 0.412 e. The Hall–Kier alpha value is -1.46. The minimum Gasteiger partial charge on any atom is -0.456 e. The third kappa shape index (κ3) is 4.58. The van der Waals surface area contributed by atoms with Crippen molar-refractivity contribution in [3.8, 4) is 5.75 Å². The third-order valence-corrected chi connectivity index (χ3v) is 2.79. The minimum atomic E-state index is -4.40. The summed E-state index contributed by atoms with van der Waals surface area (Å²) >= 11 is 5.93. The van der Waals surface area contributed by atoms with Crippen LogP contribution in [-0.2, 0) is 6.61 Å². The van der Waals surface area contributed by atoms with Gasteiger partial charge in [0.05, 0.1) is 11.6 Å². The van der Waals surface area contributed by atoms with Crippen molar-refractivity contribution < 1.29 is 23.0 Å². The zero-order chi connectivity index (χ0) is 15.3. The maximum atomic E-state index is 12.5. The molecule has 0 saturated heterocycles. The van der Waals surface area contributed by atoms with Gasteiger partial charge in [0.2, 0.25) is 0 Å². The monoisotopic (exact) mass is 306 g/mol. The van der Waals surface area contributed by atoms with Crippen molar-refractivity contribution in [3.63, 3.8) is 0 Å². The molecule has 0 radical (unpaired) electrons. The topological polar surface area (TPSA) is 29.5 Å². The van der Waals surface area contributed by atoms with Gasteiger partial charge in [-0.2, -0.15) is 13.2 Å². The van der Waals surface area contributed by atoms with Crippen molar-refractivity contribution in [2.75, 3.05) is 0 Å². The molecule has 0 atom stereocenters. The standard InChI is InChI=1S/C14H14ClF3O2/c1-3-11(6-9(2)14(16,17)18)20-13-5-4-10(8-19)7-12(13)15/h3-7,19H,8H2,1-2H3. The Kier molecular flexibility index (Phi) is 5.65. The summed E-state index contributed by atoms with van der Waals surface area (Å²) in [5, 5.41) is 9.16. The van der Waals surface area contributed by atoms with Gasteiger partial charge in [-0.05, 0) is 43.7 Å². The van der Waals surface area contributed by atoms with E-state index in [-0.39, 0.29) is 23.1 Å². The van der Waals surface area contributed by atoms with E-state index in [1.807, 2.05) is 0 Å². The Labute approximate surface area is 120 Å². The van der Waals surface area contributed by atoms with Crippen LogP contribution in [0.3, 0.4) is 0 Å². The van der Waals surface area contributed by atoms with Crippen molar-refractivity contribution in [3.05, 3.63) is 52.3 Å². The molecule has 0 fully saturated rings. The lowest BCUT2D eigenvalue weighted by Crippen LogP contribution is -2.10. The molecular formula is C14H14ClF3O2. The lowest BCUT2D eigenvalue weighted by atomic mass is 10.2. The lowest BCUT2D eigenvalue weighted by molar-refractivity contribution is -0.0915. The van der Waals surface area contributed by atoms with Crippen LogP contribution in [0, 0.1) is 0 Å². The number of aliphatic hydroxyl groups excluding tert-OH is 1. The Morgan fingerprint density at radius 2 is 2.05 bits per heavy atom. The Morgan fingerprint density at radius 1 is 1.40 bits per heavy atom. The highest BCUT2D eigenvalue weighted by Gasteiger charge is 2.30. The van der Waals surface area contributed by atoms with Crippen LogP contribution in [0.2, 0.25) is 5.02 Å². The molecule has 2 nitrogen and oxygen atoms in total. The van der Waals surface area contributed by atoms with E-state index in [9.17, 15) is 13.2 Å². The lowest BCUT2D eigenvalue weighted by Gasteiger charge is -2.11. The number of benzene rings is 1. The maximum Gasteiger partial charge on any atom is 0.412 e. The number of halogens is 4. The first-order valence-electron chi connectivity index (χ1n) is 5.77. The van der Waals surface area contributed by atoms with Gasteiger partial charge in [0.25, 0.3) is 0 Å². The fourth-order valence-electron chi connectivity index (χ4n) is 1.32. The average molecular weight is 307 g/mol. The average Bonchev–Trinajstić information content (AvgIpc) is 2.38. The molecule has 0 unspecified atom stereocenters. The zero-order valence-electron chi connectivity index (χ0n) is 11.0. The highest BCUT2D eigenvalue weighted by atomic mass is 35.5. The van der Waals surface area contributed by atoms with Gasteiger partial charge in [-0.1, -0.05) is 17.7 Å². The summed E-state index contributed by atoms with van der Waals surface area (Å²) in [7, 11) is 0. The molecule has 0 amide bonds. The van der Waals surface area contributed by atoms with E-state index in [4.69, 9.17) is 21.4 Å². The van der Waals surface area contributed by atoms with Crippen LogP contribution >= 0.6 is 11.6 Å². The van der Waals surface area contributed by atoms with E-state index in [1.165, 1.54) is 18.2 Å². The summed E-state index contributed by atoms with van der Waals surface area (Å²) in [5.74, 6) is 0.265. The minimum absolute atomic E-state index is 0.0403. The van der Waals surface area contributed by atoms with Gasteiger partial charge in [0.1, 0.15) is 11.5 Å². The third-order valence-electron chi connectivity index (χ3n) is 2.50. The van der Waals surface area contributed by atoms with Crippen molar-refractivity contribution in [1.29, 1.82) is 0 Å². The SMILES string of the molecule is CC=C(C=C(C)C(F)(F)F)Oc1ccc(CO)cc1Cl. The van der Waals surface area contributed by atoms with Gasteiger partial charge in [0.15, 0.2) is 0 Å². The molecule has 1 rings (SSSR count). The van der Waals surface area contributed by atoms with E-state index < -0.39 is 11.7 Å². The molecule has 0 aliphatic heterocycles. The first-order chi connectivity index (χ1) is 9.27. The molecule has 0 spiro atoms. The largest absolute Gasteiger partial charge is 0.456 e. The second kappa shape index (κ2) is 6.81. The van der Waals surface area contributed by atoms with E-state index in [2.05, 4.69) is 0 Å². The Balaban J connectivity index is 2.96. The van der Waals surface area contributed by atoms with E-state index in [1.54, 1.807) is 13.0 Å². The van der Waals surface area contributed by atoms with Gasteiger partial charge in [-0.3, -0.25) is 0 Å². The molecule has 0 aromatic heterocycles. The van der Waals surface area contributed by atoms with Crippen LogP contribution in [0.4, 0.5) is 13.2 Å². The van der Waals surface area contributed by atoms with Crippen LogP contribution in [-0.4, -0.2) is 11.3 Å². The van der Waals surface area contributed by atoms with Gasteiger partial charge in [0, 0.05) is 5.57 Å². The molecule has 20 heavy (non-hydrogen) atoms. The molecule has 0 heterocycles. The van der Waals surface area contributed by atoms with Crippen LogP contribution in [0.1, 0.15) is 19.4 Å². The number of hydrogen-bond donors (Lipinski definition) is 1. The second-order valence-corrected chi connectivity index (χ2v) is 4.45. The zero-order valence-corrected chi connectivity index (χ0v) is 11.7. The molecule has 110 valence electrons. The highest BCUT2D eigenvalue weighted by Crippen LogP contribution is 2.30. The summed E-state index contributed by atoms with van der Waals surface area (Å²) in [6, 6.07) is 4.56. The van der Waals surface area contributed by atoms with Gasteiger partial charge in [-0.15, -0.1) is 0 Å². The van der Waals surface area contributed by atoms with Crippen LogP contribution in [0.5, 0.6) is 5.75 Å². The predicted octanol–water partition coefficient (Wildman–Crippen LogP) is 4.62. The summed E-state index contributed by atoms with van der Waals surface area (Å²) in [6.45, 7) is 2.35. The van der Waals surface area contributed by atoms with Crippen LogP contribution in [0.15, 0.2) is 41.7 Å². The molecule has 0 aliphatic rings. The Morgan fingerprint density at radius 3 is 2.50 bits per heavy atom. The van der Waals surface area contributed by atoms with Crippen molar-refractivity contribution >= 4 is 11.6 Å². The van der Waals surface area contributed by atoms with E-state index in [0.717, 1.165) is 13.0 Å². The molecule has 6 heteroatoms. The number of ether oxygens (including phenoxy) is 1. The van der Waals surface area contributed by atoms with Gasteiger partial charge < -0.3 is 9.84 Å². The molecule has 1 aromatic rings. The van der Waals surface area contributed by atoms with Crippen molar-refractivity contribution in [2.24, 2.45) is 0 Å². The van der Waals surface area contributed by atoms with Gasteiger partial charge in [-0.25, -0.2) is 0 Å². The molecule has 0 saturated carbocycles. The fourth-order valence-corrected chi connectivity index (χ4v) is 1.56. The normalized spacial score (nSPS) is 13.6. The van der Waals surface area contributed by atoms with Crippen LogP contribution in [0.25, 0.3) is 0 Å². The maximum absolute atomic E-state index is 12.5. The number of alkyl halides is 3.